The Morgan fingerprint density at radius 1 is 1.04 bits per heavy atom. The van der Waals surface area contributed by atoms with E-state index >= 15 is 0 Å². The Morgan fingerprint density at radius 2 is 1.80 bits per heavy atom. The summed E-state index contributed by atoms with van der Waals surface area (Å²) in [5, 5.41) is 8.23. The number of ether oxygens (including phenoxy) is 4. The molecular formula is C37H53N7O6. The molecule has 5 rings (SSSR count). The summed E-state index contributed by atoms with van der Waals surface area (Å²) in [4.78, 5) is 33.9. The van der Waals surface area contributed by atoms with Crippen LogP contribution in [0.4, 0.5) is 21.9 Å². The van der Waals surface area contributed by atoms with E-state index in [4.69, 9.17) is 24.7 Å². The Morgan fingerprint density at radius 3 is 2.52 bits per heavy atom. The first-order valence-electron chi connectivity index (χ1n) is 17.4. The summed E-state index contributed by atoms with van der Waals surface area (Å²) in [5.74, 6) is 1.10. The van der Waals surface area contributed by atoms with Crippen molar-refractivity contribution in [2.45, 2.75) is 65.5 Å². The average Bonchev–Trinajstić information content (AvgIpc) is 3.63. The lowest BCUT2D eigenvalue weighted by molar-refractivity contribution is 0.00342. The molecule has 2 fully saturated rings. The summed E-state index contributed by atoms with van der Waals surface area (Å²) in [5.41, 5.74) is 11.9. The van der Waals surface area contributed by atoms with Gasteiger partial charge in [-0.3, -0.25) is 9.88 Å². The van der Waals surface area contributed by atoms with Crippen LogP contribution >= 0.6 is 0 Å². The maximum absolute atomic E-state index is 12.9. The smallest absolute Gasteiger partial charge is 0.410 e. The van der Waals surface area contributed by atoms with Crippen molar-refractivity contribution in [1.29, 1.82) is 0 Å². The van der Waals surface area contributed by atoms with Gasteiger partial charge in [0.25, 0.3) is 0 Å². The molecule has 13 nitrogen and oxygen atoms in total. The molecule has 1 saturated heterocycles. The van der Waals surface area contributed by atoms with Crippen LogP contribution in [0.15, 0.2) is 30.3 Å². The molecule has 1 amide bonds. The highest BCUT2D eigenvalue weighted by molar-refractivity contribution is 5.91. The largest absolute Gasteiger partial charge is 0.477 e. The van der Waals surface area contributed by atoms with Gasteiger partial charge in [-0.05, 0) is 96.0 Å². The number of hydrogen-bond acceptors (Lipinski definition) is 11. The Balaban J connectivity index is 1.18. The van der Waals surface area contributed by atoms with E-state index < -0.39 is 11.6 Å². The van der Waals surface area contributed by atoms with Gasteiger partial charge in [-0.15, -0.1) is 0 Å². The standard InChI is InChI=1S/C37H53N7O6/c1-23-15-27(35(45)48-8)17-32(40-23)33-24(2)41-42(6)34(33)49-21-26-10-9-25(16-26)19-39-31-18-28(11-12-30(31)38)43-13-14-44(29(20-43)22-47-7)36(46)50-37(3,4)5/h11-12,15,17-18,25-26,29,39H,9-10,13-14,16,19-22,38H2,1-8H3/t25-,26+,29-/m1/s1. The number of piperazine rings is 1. The molecule has 1 saturated carbocycles. The fourth-order valence-electron chi connectivity index (χ4n) is 6.98. The molecule has 50 heavy (non-hydrogen) atoms. The molecule has 2 aromatic heterocycles. The van der Waals surface area contributed by atoms with Crippen LogP contribution in [-0.2, 0) is 21.3 Å². The van der Waals surface area contributed by atoms with Crippen LogP contribution < -0.4 is 20.7 Å². The van der Waals surface area contributed by atoms with Crippen LogP contribution in [0.2, 0.25) is 0 Å². The minimum Gasteiger partial charge on any atom is -0.477 e. The summed E-state index contributed by atoms with van der Waals surface area (Å²) in [7, 11) is 4.89. The van der Waals surface area contributed by atoms with Crippen LogP contribution in [0.1, 0.15) is 61.8 Å². The third kappa shape index (κ3) is 8.79. The lowest BCUT2D eigenvalue weighted by Crippen LogP contribution is -2.57. The van der Waals surface area contributed by atoms with E-state index in [1.807, 2.05) is 53.8 Å². The molecule has 272 valence electrons. The van der Waals surface area contributed by atoms with E-state index in [2.05, 4.69) is 26.4 Å². The quantitative estimate of drug-likeness (QED) is 0.196. The molecule has 13 heteroatoms. The normalized spacial score (nSPS) is 19.4. The number of aryl methyl sites for hydroxylation is 3. The van der Waals surface area contributed by atoms with Gasteiger partial charge in [-0.25, -0.2) is 14.3 Å². The predicted molar refractivity (Wildman–Crippen MR) is 194 cm³/mol. The molecule has 3 aromatic rings. The zero-order valence-corrected chi connectivity index (χ0v) is 30.7. The second-order valence-corrected chi connectivity index (χ2v) is 14.5. The Kier molecular flexibility index (Phi) is 11.4. The molecular weight excluding hydrogens is 638 g/mol. The maximum Gasteiger partial charge on any atom is 0.410 e. The Labute approximate surface area is 295 Å². The SMILES string of the molecule is COC[C@H]1CN(c2ccc(N)c(NC[C@@H]3CC[C@H](COc4c(-c5cc(C(=O)OC)cc(C)n5)c(C)nn4C)C3)c2)CCN1C(=O)OC(C)(C)C. The van der Waals surface area contributed by atoms with E-state index in [0.717, 1.165) is 48.4 Å². The number of amides is 1. The molecule has 1 aliphatic heterocycles. The molecule has 0 spiro atoms. The van der Waals surface area contributed by atoms with Crippen molar-refractivity contribution in [3.8, 4) is 17.1 Å². The van der Waals surface area contributed by atoms with Crippen molar-refractivity contribution in [3.63, 3.8) is 0 Å². The average molecular weight is 692 g/mol. The monoisotopic (exact) mass is 691 g/mol. The van der Waals surface area contributed by atoms with Gasteiger partial charge in [0.05, 0.1) is 60.3 Å². The zero-order valence-electron chi connectivity index (χ0n) is 30.7. The van der Waals surface area contributed by atoms with Crippen molar-refractivity contribution >= 4 is 29.1 Å². The zero-order chi connectivity index (χ0) is 36.2. The molecule has 3 heterocycles. The summed E-state index contributed by atoms with van der Waals surface area (Å²) in [6.07, 6.45) is 2.86. The second-order valence-electron chi connectivity index (χ2n) is 14.5. The first kappa shape index (κ1) is 36.8. The molecule has 0 unspecified atom stereocenters. The summed E-state index contributed by atoms with van der Waals surface area (Å²) in [6, 6.07) is 9.40. The van der Waals surface area contributed by atoms with Crippen molar-refractivity contribution in [3.05, 3.63) is 47.3 Å². The van der Waals surface area contributed by atoms with Gasteiger partial charge < -0.3 is 34.9 Å². The Bertz CT molecular complexity index is 1670. The van der Waals surface area contributed by atoms with Crippen LogP contribution in [0.25, 0.3) is 11.3 Å². The van der Waals surface area contributed by atoms with E-state index in [1.54, 1.807) is 28.8 Å². The summed E-state index contributed by atoms with van der Waals surface area (Å²) in [6.45, 7) is 13.0. The number of rotatable bonds is 11. The first-order chi connectivity index (χ1) is 23.8. The predicted octanol–water partition coefficient (Wildman–Crippen LogP) is 5.45. The number of anilines is 3. The molecule has 3 atom stereocenters. The minimum absolute atomic E-state index is 0.132. The number of carbonyl (C=O) groups excluding carboxylic acids is 2. The van der Waals surface area contributed by atoms with Gasteiger partial charge in [0.15, 0.2) is 0 Å². The first-order valence-corrected chi connectivity index (χ1v) is 17.4. The lowest BCUT2D eigenvalue weighted by Gasteiger charge is -2.42. The fourth-order valence-corrected chi connectivity index (χ4v) is 6.98. The van der Waals surface area contributed by atoms with Crippen LogP contribution in [0, 0.1) is 25.7 Å². The number of nitrogens with one attached hydrogen (secondary N) is 1. The highest BCUT2D eigenvalue weighted by Crippen LogP contribution is 2.36. The maximum atomic E-state index is 12.9. The van der Waals surface area contributed by atoms with Crippen molar-refractivity contribution < 1.29 is 28.5 Å². The summed E-state index contributed by atoms with van der Waals surface area (Å²) >= 11 is 0. The number of aromatic nitrogens is 3. The molecule has 3 N–H and O–H groups in total. The number of methoxy groups -OCH3 is 2. The van der Waals surface area contributed by atoms with Crippen LogP contribution in [0.5, 0.6) is 5.88 Å². The number of nitrogen functional groups attached to an aromatic ring is 1. The minimum atomic E-state index is -0.560. The molecule has 1 aliphatic carbocycles. The van der Waals surface area contributed by atoms with E-state index in [-0.39, 0.29) is 12.1 Å². The lowest BCUT2D eigenvalue weighted by atomic mass is 10.1. The van der Waals surface area contributed by atoms with Gasteiger partial charge >= 0.3 is 12.1 Å². The highest BCUT2D eigenvalue weighted by Gasteiger charge is 2.34. The second kappa shape index (κ2) is 15.6. The Hall–Kier alpha value is -4.52. The third-order valence-electron chi connectivity index (χ3n) is 9.36. The third-order valence-corrected chi connectivity index (χ3v) is 9.36. The van der Waals surface area contributed by atoms with Crippen LogP contribution in [0.3, 0.4) is 0 Å². The van der Waals surface area contributed by atoms with E-state index in [1.165, 1.54) is 7.11 Å². The van der Waals surface area contributed by atoms with Crippen LogP contribution in [-0.4, -0.2) is 97.0 Å². The number of esters is 1. The molecule has 0 radical (unpaired) electrons. The number of pyridine rings is 1. The molecule has 0 bridgehead atoms. The van der Waals surface area contributed by atoms with Gasteiger partial charge in [0.2, 0.25) is 5.88 Å². The van der Waals surface area contributed by atoms with Crippen molar-refractivity contribution in [2.75, 3.05) is 69.6 Å². The summed E-state index contributed by atoms with van der Waals surface area (Å²) < 4.78 is 24.3. The number of nitrogens with zero attached hydrogens (tertiary/aromatic N) is 5. The van der Waals surface area contributed by atoms with Gasteiger partial charge in [0, 0.05) is 51.7 Å². The molecule has 2 aliphatic rings. The van der Waals surface area contributed by atoms with E-state index in [9.17, 15) is 9.59 Å². The molecule has 1 aromatic carbocycles. The number of carbonyl (C=O) groups is 2. The van der Waals surface area contributed by atoms with Crippen molar-refractivity contribution in [2.24, 2.45) is 18.9 Å². The van der Waals surface area contributed by atoms with Gasteiger partial charge in [0.1, 0.15) is 5.60 Å². The number of benzene rings is 1. The fraction of sp³-hybridized carbons (Fsp3) is 0.568. The van der Waals surface area contributed by atoms with E-state index in [0.29, 0.717) is 73.2 Å². The van der Waals surface area contributed by atoms with Crippen molar-refractivity contribution in [1.82, 2.24) is 19.7 Å². The van der Waals surface area contributed by atoms with Gasteiger partial charge in [-0.1, -0.05) is 0 Å². The number of hydrogen-bond donors (Lipinski definition) is 2. The number of nitrogens with two attached hydrogens (primary N) is 1. The topological polar surface area (TPSA) is 146 Å². The van der Waals surface area contributed by atoms with Gasteiger partial charge in [-0.2, -0.15) is 5.10 Å². The highest BCUT2D eigenvalue weighted by atomic mass is 16.6.